The molecule has 1 rings (SSSR count). The fraction of sp³-hybridized carbons (Fsp3) is 0.462. The smallest absolute Gasteiger partial charge is 0.141 e. The van der Waals surface area contributed by atoms with Crippen molar-refractivity contribution in [3.8, 4) is 0 Å². The third kappa shape index (κ3) is 2.90. The topological polar surface area (TPSA) is 64.3 Å². The number of ketones is 3. The monoisotopic (exact) mass is 236 g/mol. The summed E-state index contributed by atoms with van der Waals surface area (Å²) in [5.41, 5.74) is 0. The molecule has 0 saturated heterocycles. The molecule has 0 spiro atoms. The second-order valence-electron chi connectivity index (χ2n) is 4.24. The molecule has 17 heavy (non-hydrogen) atoms. The molecular formula is C13H16O4. The van der Waals surface area contributed by atoms with E-state index in [0.29, 0.717) is 11.5 Å². The maximum Gasteiger partial charge on any atom is 0.141 e. The van der Waals surface area contributed by atoms with Crippen molar-refractivity contribution in [3.05, 3.63) is 23.7 Å². The van der Waals surface area contributed by atoms with E-state index in [-0.39, 0.29) is 17.3 Å². The lowest BCUT2D eigenvalue weighted by Gasteiger charge is -2.18. The Balaban J connectivity index is 3.21. The molecule has 0 saturated carbocycles. The molecule has 4 heteroatoms. The zero-order chi connectivity index (χ0) is 13.2. The van der Waals surface area contributed by atoms with E-state index < -0.39 is 11.8 Å². The Bertz CT molecular complexity index is 442. The van der Waals surface area contributed by atoms with Gasteiger partial charge in [0, 0.05) is 0 Å². The van der Waals surface area contributed by atoms with Gasteiger partial charge >= 0.3 is 0 Å². The van der Waals surface area contributed by atoms with Crippen LogP contribution in [0.25, 0.3) is 0 Å². The van der Waals surface area contributed by atoms with Gasteiger partial charge in [0.1, 0.15) is 28.9 Å². The van der Waals surface area contributed by atoms with Crippen LogP contribution in [0.3, 0.4) is 0 Å². The van der Waals surface area contributed by atoms with Crippen LogP contribution in [0.4, 0.5) is 0 Å². The summed E-state index contributed by atoms with van der Waals surface area (Å²) in [5, 5.41) is 0. The summed E-state index contributed by atoms with van der Waals surface area (Å²) in [6.07, 6.45) is 0. The summed E-state index contributed by atoms with van der Waals surface area (Å²) in [4.78, 5) is 34.6. The van der Waals surface area contributed by atoms with Crippen LogP contribution in [0.2, 0.25) is 0 Å². The summed E-state index contributed by atoms with van der Waals surface area (Å²) in [7, 11) is 0. The molecule has 0 amide bonds. The van der Waals surface area contributed by atoms with Crippen molar-refractivity contribution >= 4 is 17.3 Å². The van der Waals surface area contributed by atoms with Crippen LogP contribution >= 0.6 is 0 Å². The van der Waals surface area contributed by atoms with Crippen LogP contribution in [0.1, 0.15) is 38.2 Å². The van der Waals surface area contributed by atoms with Crippen molar-refractivity contribution in [1.82, 2.24) is 0 Å². The van der Waals surface area contributed by atoms with E-state index in [9.17, 15) is 14.4 Å². The van der Waals surface area contributed by atoms with E-state index in [2.05, 4.69) is 0 Å². The number of aryl methyl sites for hydroxylation is 1. The molecule has 1 heterocycles. The minimum absolute atomic E-state index is 0.241. The van der Waals surface area contributed by atoms with Crippen LogP contribution < -0.4 is 0 Å². The summed E-state index contributed by atoms with van der Waals surface area (Å²) in [5.74, 6) is -1.59. The standard InChI is InChI=1S/C13H16O4/c1-7-5-6-11(17-7)13(10(4)16)12(8(2)14)9(3)15/h5-6,12-13H,1-4H3. The van der Waals surface area contributed by atoms with Gasteiger partial charge in [-0.3, -0.25) is 14.4 Å². The van der Waals surface area contributed by atoms with Crippen molar-refractivity contribution in [1.29, 1.82) is 0 Å². The van der Waals surface area contributed by atoms with Gasteiger partial charge in [0.25, 0.3) is 0 Å². The predicted molar refractivity (Wildman–Crippen MR) is 61.7 cm³/mol. The van der Waals surface area contributed by atoms with Crippen LogP contribution in [-0.2, 0) is 14.4 Å². The molecule has 0 aromatic carbocycles. The maximum absolute atomic E-state index is 11.6. The van der Waals surface area contributed by atoms with Gasteiger partial charge in [0.2, 0.25) is 0 Å². The number of carbonyl (C=O) groups is 3. The Morgan fingerprint density at radius 1 is 1.00 bits per heavy atom. The molecule has 0 radical (unpaired) electrons. The third-order valence-electron chi connectivity index (χ3n) is 2.71. The Hall–Kier alpha value is -1.71. The third-order valence-corrected chi connectivity index (χ3v) is 2.71. The first-order valence-corrected chi connectivity index (χ1v) is 5.42. The summed E-state index contributed by atoms with van der Waals surface area (Å²) in [6, 6.07) is 3.35. The number of furan rings is 1. The molecular weight excluding hydrogens is 220 g/mol. The van der Waals surface area contributed by atoms with Gasteiger partial charge in [-0.1, -0.05) is 0 Å². The fourth-order valence-electron chi connectivity index (χ4n) is 1.98. The first-order valence-electron chi connectivity index (χ1n) is 5.42. The molecule has 1 aromatic rings. The number of carbonyl (C=O) groups excluding carboxylic acids is 3. The van der Waals surface area contributed by atoms with E-state index in [4.69, 9.17) is 4.42 Å². The largest absolute Gasteiger partial charge is 0.466 e. The first kappa shape index (κ1) is 13.4. The van der Waals surface area contributed by atoms with Crippen molar-refractivity contribution in [2.75, 3.05) is 0 Å². The Morgan fingerprint density at radius 2 is 1.53 bits per heavy atom. The van der Waals surface area contributed by atoms with Gasteiger partial charge in [0.15, 0.2) is 0 Å². The summed E-state index contributed by atoms with van der Waals surface area (Å²) >= 11 is 0. The van der Waals surface area contributed by atoms with Crippen molar-refractivity contribution in [2.24, 2.45) is 5.92 Å². The summed E-state index contributed by atoms with van der Waals surface area (Å²) < 4.78 is 5.36. The summed E-state index contributed by atoms with van der Waals surface area (Å²) in [6.45, 7) is 5.74. The van der Waals surface area contributed by atoms with Gasteiger partial charge in [-0.2, -0.15) is 0 Å². The highest BCUT2D eigenvalue weighted by molar-refractivity contribution is 6.05. The molecule has 0 bridgehead atoms. The molecule has 1 atom stereocenters. The SMILES string of the molecule is CC(=O)C(C(C)=O)C(C(C)=O)c1ccc(C)o1. The highest BCUT2D eigenvalue weighted by atomic mass is 16.3. The molecule has 0 aliphatic carbocycles. The van der Waals surface area contributed by atoms with E-state index in [1.807, 2.05) is 0 Å². The lowest BCUT2D eigenvalue weighted by atomic mass is 9.82. The maximum atomic E-state index is 11.6. The van der Waals surface area contributed by atoms with E-state index in [1.54, 1.807) is 19.1 Å². The Kier molecular flexibility index (Phi) is 3.99. The fourth-order valence-corrected chi connectivity index (χ4v) is 1.98. The van der Waals surface area contributed by atoms with Crippen molar-refractivity contribution < 1.29 is 18.8 Å². The van der Waals surface area contributed by atoms with Gasteiger partial charge in [-0.25, -0.2) is 0 Å². The Morgan fingerprint density at radius 3 is 1.82 bits per heavy atom. The molecule has 4 nitrogen and oxygen atoms in total. The second kappa shape index (κ2) is 5.08. The molecule has 0 aliphatic rings. The van der Waals surface area contributed by atoms with Crippen molar-refractivity contribution in [3.63, 3.8) is 0 Å². The number of rotatable bonds is 5. The van der Waals surface area contributed by atoms with Crippen LogP contribution in [0, 0.1) is 12.8 Å². The molecule has 0 fully saturated rings. The van der Waals surface area contributed by atoms with E-state index in [0.717, 1.165) is 0 Å². The predicted octanol–water partition coefficient (Wildman–Crippen LogP) is 2.05. The number of Topliss-reactive ketones (excluding diaryl/α,β-unsaturated/α-hetero) is 3. The highest BCUT2D eigenvalue weighted by Gasteiger charge is 2.36. The van der Waals surface area contributed by atoms with Crippen LogP contribution in [-0.4, -0.2) is 17.3 Å². The van der Waals surface area contributed by atoms with Crippen molar-refractivity contribution in [2.45, 2.75) is 33.6 Å². The number of hydrogen-bond acceptors (Lipinski definition) is 4. The average Bonchev–Trinajstić information content (AvgIpc) is 2.58. The van der Waals surface area contributed by atoms with Crippen LogP contribution in [0.5, 0.6) is 0 Å². The normalized spacial score (nSPS) is 12.5. The minimum Gasteiger partial charge on any atom is -0.466 e. The quantitative estimate of drug-likeness (QED) is 0.734. The zero-order valence-corrected chi connectivity index (χ0v) is 10.4. The van der Waals surface area contributed by atoms with E-state index in [1.165, 1.54) is 20.8 Å². The molecule has 0 aliphatic heterocycles. The number of hydrogen-bond donors (Lipinski definition) is 0. The first-order chi connectivity index (χ1) is 7.84. The van der Waals surface area contributed by atoms with E-state index >= 15 is 0 Å². The molecule has 1 aromatic heterocycles. The van der Waals surface area contributed by atoms with Gasteiger partial charge < -0.3 is 4.42 Å². The Labute approximate surface area is 100.0 Å². The highest BCUT2D eigenvalue weighted by Crippen LogP contribution is 2.29. The average molecular weight is 236 g/mol. The molecule has 0 N–H and O–H groups in total. The minimum atomic E-state index is -0.946. The lowest BCUT2D eigenvalue weighted by Crippen LogP contribution is -2.30. The second-order valence-corrected chi connectivity index (χ2v) is 4.24. The van der Waals surface area contributed by atoms with Gasteiger partial charge in [0.05, 0.1) is 11.8 Å². The van der Waals surface area contributed by atoms with Gasteiger partial charge in [-0.15, -0.1) is 0 Å². The van der Waals surface area contributed by atoms with Crippen LogP contribution in [0.15, 0.2) is 16.5 Å². The molecule has 92 valence electrons. The molecule has 1 unspecified atom stereocenters. The zero-order valence-electron chi connectivity index (χ0n) is 10.4. The van der Waals surface area contributed by atoms with Gasteiger partial charge in [-0.05, 0) is 39.8 Å². The lowest BCUT2D eigenvalue weighted by molar-refractivity contribution is -0.135.